The van der Waals surface area contributed by atoms with Gasteiger partial charge in [0.05, 0.1) is 17.8 Å². The van der Waals surface area contributed by atoms with Gasteiger partial charge in [0.25, 0.3) is 0 Å². The number of aromatic nitrogens is 1. The smallest absolute Gasteiger partial charge is 0.387 e. The number of benzene rings is 1. The molecule has 1 aromatic heterocycles. The number of aliphatic hydroxyl groups is 1. The van der Waals surface area contributed by atoms with Gasteiger partial charge in [0.2, 0.25) is 5.91 Å². The van der Waals surface area contributed by atoms with Crippen molar-refractivity contribution in [2.24, 2.45) is 0 Å². The van der Waals surface area contributed by atoms with Crippen molar-refractivity contribution in [3.63, 3.8) is 0 Å². The van der Waals surface area contributed by atoms with E-state index >= 15 is 0 Å². The lowest BCUT2D eigenvalue weighted by Crippen LogP contribution is -2.35. The molecule has 2 atom stereocenters. The average molecular weight is 369 g/mol. The number of carbonyl (C=O) groups is 1. The molecule has 0 radical (unpaired) electrons. The number of ether oxygens (including phenoxy) is 1. The van der Waals surface area contributed by atoms with Crippen LogP contribution in [0.3, 0.4) is 0 Å². The van der Waals surface area contributed by atoms with Crippen LogP contribution in [0, 0.1) is 6.92 Å². The Kier molecular flexibility index (Phi) is 5.26. The molecule has 0 spiro atoms. The van der Waals surface area contributed by atoms with Crippen LogP contribution in [-0.4, -0.2) is 41.3 Å². The minimum absolute atomic E-state index is 0.0750. The molecule has 134 valence electrons. The van der Waals surface area contributed by atoms with Crippen LogP contribution in [0.1, 0.15) is 11.3 Å². The Morgan fingerprint density at radius 2 is 2.16 bits per heavy atom. The highest BCUT2D eigenvalue weighted by molar-refractivity contribution is 7.16. The number of hydrogen-bond acceptors (Lipinski definition) is 6. The Morgan fingerprint density at radius 1 is 1.44 bits per heavy atom. The summed E-state index contributed by atoms with van der Waals surface area (Å²) in [5.41, 5.74) is 1.41. The third-order valence-corrected chi connectivity index (χ3v) is 4.69. The number of aliphatic hydroxyl groups excluding tert-OH is 1. The van der Waals surface area contributed by atoms with E-state index in [0.29, 0.717) is 23.8 Å². The number of aryl methyl sites for hydroxylation is 1. The summed E-state index contributed by atoms with van der Waals surface area (Å²) < 4.78 is 28.7. The van der Waals surface area contributed by atoms with Crippen molar-refractivity contribution in [1.29, 1.82) is 0 Å². The number of β-amino-alcohol motifs (C(OH)–C–C–N with tert-alkyl or cyclic N) is 1. The summed E-state index contributed by atoms with van der Waals surface area (Å²) in [6.45, 7) is -0.603. The SMILES string of the molecule is Cc1sc(NC(=O)C2CC(O)CN2)nc1-c1ccc(OC(F)F)cc1. The van der Waals surface area contributed by atoms with Crippen LogP contribution in [-0.2, 0) is 4.79 Å². The molecule has 2 heterocycles. The van der Waals surface area contributed by atoms with Crippen molar-refractivity contribution >= 4 is 22.4 Å². The van der Waals surface area contributed by atoms with Crippen LogP contribution >= 0.6 is 11.3 Å². The minimum Gasteiger partial charge on any atom is -0.435 e. The number of rotatable bonds is 5. The molecule has 1 saturated heterocycles. The van der Waals surface area contributed by atoms with Crippen LogP contribution in [0.4, 0.5) is 13.9 Å². The predicted octanol–water partition coefficient (Wildman–Crippen LogP) is 2.38. The Hall–Kier alpha value is -2.10. The molecule has 25 heavy (non-hydrogen) atoms. The normalized spacial score (nSPS) is 20.0. The molecule has 1 aliphatic rings. The van der Waals surface area contributed by atoms with Crippen molar-refractivity contribution in [3.05, 3.63) is 29.1 Å². The molecular formula is C16H17F2N3O3S. The molecule has 3 rings (SSSR count). The fraction of sp³-hybridized carbons (Fsp3) is 0.375. The van der Waals surface area contributed by atoms with Crippen molar-refractivity contribution in [2.75, 3.05) is 11.9 Å². The maximum absolute atomic E-state index is 12.2. The van der Waals surface area contributed by atoms with Gasteiger partial charge in [-0.3, -0.25) is 4.79 Å². The second-order valence-electron chi connectivity index (χ2n) is 5.67. The van der Waals surface area contributed by atoms with Crippen LogP contribution in [0.15, 0.2) is 24.3 Å². The first kappa shape index (κ1) is 17.7. The minimum atomic E-state index is -2.86. The van der Waals surface area contributed by atoms with E-state index in [1.54, 1.807) is 12.1 Å². The second kappa shape index (κ2) is 7.42. The van der Waals surface area contributed by atoms with E-state index in [0.717, 1.165) is 10.4 Å². The lowest BCUT2D eigenvalue weighted by Gasteiger charge is -2.08. The van der Waals surface area contributed by atoms with Crippen LogP contribution in [0.5, 0.6) is 5.75 Å². The van der Waals surface area contributed by atoms with Gasteiger partial charge in [-0.2, -0.15) is 8.78 Å². The molecule has 2 unspecified atom stereocenters. The number of carbonyl (C=O) groups excluding carboxylic acids is 1. The summed E-state index contributed by atoms with van der Waals surface area (Å²) in [5, 5.41) is 15.6. The summed E-state index contributed by atoms with van der Waals surface area (Å²) in [4.78, 5) is 17.5. The summed E-state index contributed by atoms with van der Waals surface area (Å²) in [5.74, 6) is -0.163. The first-order valence-electron chi connectivity index (χ1n) is 7.67. The van der Waals surface area contributed by atoms with Crippen molar-refractivity contribution in [2.45, 2.75) is 32.1 Å². The summed E-state index contributed by atoms with van der Waals surface area (Å²) in [6.07, 6.45) is -0.146. The molecule has 3 N–H and O–H groups in total. The fourth-order valence-electron chi connectivity index (χ4n) is 2.62. The Morgan fingerprint density at radius 3 is 2.76 bits per heavy atom. The molecule has 6 nitrogen and oxygen atoms in total. The monoisotopic (exact) mass is 369 g/mol. The Bertz CT molecular complexity index is 752. The first-order chi connectivity index (χ1) is 11.9. The highest BCUT2D eigenvalue weighted by atomic mass is 32.1. The molecule has 2 aromatic rings. The number of anilines is 1. The predicted molar refractivity (Wildman–Crippen MR) is 90.0 cm³/mol. The maximum Gasteiger partial charge on any atom is 0.387 e. The number of alkyl halides is 2. The van der Waals surface area contributed by atoms with Gasteiger partial charge in [0.15, 0.2) is 5.13 Å². The van der Waals surface area contributed by atoms with Gasteiger partial charge in [-0.25, -0.2) is 4.98 Å². The molecule has 1 fully saturated rings. The van der Waals surface area contributed by atoms with E-state index in [4.69, 9.17) is 0 Å². The van der Waals surface area contributed by atoms with E-state index in [-0.39, 0.29) is 11.7 Å². The molecule has 1 aliphatic heterocycles. The number of amides is 1. The van der Waals surface area contributed by atoms with E-state index in [1.807, 2.05) is 6.92 Å². The van der Waals surface area contributed by atoms with Gasteiger partial charge < -0.3 is 20.5 Å². The topological polar surface area (TPSA) is 83.5 Å². The number of hydrogen-bond donors (Lipinski definition) is 3. The number of nitrogens with zero attached hydrogens (tertiary/aromatic N) is 1. The van der Waals surface area contributed by atoms with Gasteiger partial charge in [0, 0.05) is 17.0 Å². The Balaban J connectivity index is 1.70. The highest BCUT2D eigenvalue weighted by Crippen LogP contribution is 2.31. The van der Waals surface area contributed by atoms with E-state index in [9.17, 15) is 18.7 Å². The highest BCUT2D eigenvalue weighted by Gasteiger charge is 2.28. The van der Waals surface area contributed by atoms with E-state index in [1.165, 1.54) is 23.5 Å². The third kappa shape index (κ3) is 4.30. The lowest BCUT2D eigenvalue weighted by molar-refractivity contribution is -0.117. The third-order valence-electron chi connectivity index (χ3n) is 3.80. The lowest BCUT2D eigenvalue weighted by atomic mass is 10.1. The van der Waals surface area contributed by atoms with Crippen LogP contribution in [0.2, 0.25) is 0 Å². The molecular weight excluding hydrogens is 352 g/mol. The molecule has 9 heteroatoms. The van der Waals surface area contributed by atoms with Crippen molar-refractivity contribution < 1.29 is 23.4 Å². The molecule has 1 amide bonds. The standard InChI is InChI=1S/C16H17F2N3O3S/c1-8-13(9-2-4-11(5-3-9)24-15(17)18)20-16(25-8)21-14(23)12-6-10(22)7-19-12/h2-5,10,12,15,19,22H,6-7H2,1H3,(H,20,21,23). The molecule has 1 aromatic carbocycles. The molecule has 0 aliphatic carbocycles. The van der Waals surface area contributed by atoms with Gasteiger partial charge in [-0.05, 0) is 37.6 Å². The van der Waals surface area contributed by atoms with Gasteiger partial charge in [-0.1, -0.05) is 0 Å². The second-order valence-corrected chi connectivity index (χ2v) is 6.87. The van der Waals surface area contributed by atoms with E-state index in [2.05, 4.69) is 20.4 Å². The van der Waals surface area contributed by atoms with Gasteiger partial charge >= 0.3 is 6.61 Å². The van der Waals surface area contributed by atoms with Gasteiger partial charge in [0.1, 0.15) is 5.75 Å². The van der Waals surface area contributed by atoms with E-state index < -0.39 is 18.8 Å². The number of thiazole rings is 1. The zero-order valence-electron chi connectivity index (χ0n) is 13.3. The van der Waals surface area contributed by atoms with Crippen molar-refractivity contribution in [1.82, 2.24) is 10.3 Å². The zero-order valence-corrected chi connectivity index (χ0v) is 14.1. The Labute approximate surface area is 146 Å². The van der Waals surface area contributed by atoms with Crippen LogP contribution < -0.4 is 15.4 Å². The average Bonchev–Trinajstić information content (AvgIpc) is 3.13. The number of nitrogens with one attached hydrogen (secondary N) is 2. The molecule has 0 saturated carbocycles. The summed E-state index contributed by atoms with van der Waals surface area (Å²) in [7, 11) is 0. The maximum atomic E-state index is 12.2. The fourth-order valence-corrected chi connectivity index (χ4v) is 3.46. The zero-order chi connectivity index (χ0) is 18.0. The summed E-state index contributed by atoms with van der Waals surface area (Å²) >= 11 is 1.33. The molecule has 0 bridgehead atoms. The first-order valence-corrected chi connectivity index (χ1v) is 8.49. The quantitative estimate of drug-likeness (QED) is 0.754. The van der Waals surface area contributed by atoms with Crippen LogP contribution in [0.25, 0.3) is 11.3 Å². The number of halogens is 2. The van der Waals surface area contributed by atoms with Gasteiger partial charge in [-0.15, -0.1) is 11.3 Å². The largest absolute Gasteiger partial charge is 0.435 e. The summed E-state index contributed by atoms with van der Waals surface area (Å²) in [6, 6.07) is 5.74. The van der Waals surface area contributed by atoms with Crippen molar-refractivity contribution in [3.8, 4) is 17.0 Å².